The van der Waals surface area contributed by atoms with Crippen molar-refractivity contribution in [3.8, 4) is 11.3 Å². The van der Waals surface area contributed by atoms with Gasteiger partial charge in [0.05, 0.1) is 31.6 Å². The minimum atomic E-state index is -4.57. The van der Waals surface area contributed by atoms with Crippen LogP contribution in [0.4, 0.5) is 26.3 Å². The molecule has 0 saturated carbocycles. The molecule has 2 saturated heterocycles. The molecule has 0 unspecified atom stereocenters. The third kappa shape index (κ3) is 5.46. The second kappa shape index (κ2) is 11.1. The standard InChI is InChI=1S/C26H25F6N3O5/c27-17-9-15(10-18(28)21(17)29)19-11-35(34-33-19)22-23(37)20(12-36)40-25(6-1-2-7-39-25)24(22)38-13-14-4-3-5-16(8-14)26(30,31)32/h3-5,8-11,20,22-24,36-37H,1-2,6-7,12-13H2/t20-,22+,23+,24-,25+/m1/s1. The van der Waals surface area contributed by atoms with E-state index in [0.717, 1.165) is 28.9 Å². The number of ether oxygens (including phenoxy) is 3. The highest BCUT2D eigenvalue weighted by Gasteiger charge is 2.57. The molecule has 2 N–H and O–H groups in total. The summed E-state index contributed by atoms with van der Waals surface area (Å²) < 4.78 is 100. The molecule has 2 aromatic carbocycles. The van der Waals surface area contributed by atoms with Gasteiger partial charge >= 0.3 is 6.18 Å². The molecule has 14 heteroatoms. The molecule has 2 fully saturated rings. The van der Waals surface area contributed by atoms with E-state index in [4.69, 9.17) is 14.2 Å². The molecule has 0 radical (unpaired) electrons. The van der Waals surface area contributed by atoms with Crippen molar-refractivity contribution >= 4 is 0 Å². The van der Waals surface area contributed by atoms with Crippen LogP contribution in [-0.4, -0.2) is 62.5 Å². The van der Waals surface area contributed by atoms with E-state index in [-0.39, 0.29) is 36.5 Å². The topological polar surface area (TPSA) is 98.9 Å². The van der Waals surface area contributed by atoms with Gasteiger partial charge in [0.2, 0.25) is 0 Å². The molecule has 3 aromatic rings. The number of hydrogen-bond donors (Lipinski definition) is 2. The van der Waals surface area contributed by atoms with Gasteiger partial charge in [0.1, 0.15) is 30.0 Å². The van der Waals surface area contributed by atoms with Crippen molar-refractivity contribution in [3.05, 3.63) is 71.2 Å². The van der Waals surface area contributed by atoms with Gasteiger partial charge in [-0.2, -0.15) is 13.2 Å². The number of alkyl halides is 3. The van der Waals surface area contributed by atoms with Gasteiger partial charge in [-0.15, -0.1) is 5.10 Å². The Morgan fingerprint density at radius 3 is 2.50 bits per heavy atom. The first kappa shape index (κ1) is 28.5. The lowest BCUT2D eigenvalue weighted by Crippen LogP contribution is -2.65. The van der Waals surface area contributed by atoms with Crippen LogP contribution in [0.3, 0.4) is 0 Å². The Labute approximate surface area is 224 Å². The molecule has 0 aliphatic carbocycles. The largest absolute Gasteiger partial charge is 0.416 e. The highest BCUT2D eigenvalue weighted by molar-refractivity contribution is 5.58. The highest BCUT2D eigenvalue weighted by Crippen LogP contribution is 2.44. The van der Waals surface area contributed by atoms with Crippen LogP contribution in [0.15, 0.2) is 42.6 Å². The summed E-state index contributed by atoms with van der Waals surface area (Å²) in [5, 5.41) is 29.0. The van der Waals surface area contributed by atoms with Gasteiger partial charge in [0.15, 0.2) is 23.2 Å². The van der Waals surface area contributed by atoms with E-state index in [1.165, 1.54) is 18.3 Å². The van der Waals surface area contributed by atoms with Crippen LogP contribution < -0.4 is 0 Å². The smallest absolute Gasteiger partial charge is 0.394 e. The van der Waals surface area contributed by atoms with Crippen molar-refractivity contribution in [2.75, 3.05) is 13.2 Å². The Hall–Kier alpha value is -3.04. The van der Waals surface area contributed by atoms with Crippen LogP contribution in [0.25, 0.3) is 11.3 Å². The predicted molar refractivity (Wildman–Crippen MR) is 125 cm³/mol. The lowest BCUT2D eigenvalue weighted by Gasteiger charge is -2.52. The first-order chi connectivity index (χ1) is 19.0. The molecular weight excluding hydrogens is 548 g/mol. The molecule has 216 valence electrons. The van der Waals surface area contributed by atoms with Gasteiger partial charge in [0, 0.05) is 12.0 Å². The van der Waals surface area contributed by atoms with E-state index in [0.29, 0.717) is 12.8 Å². The van der Waals surface area contributed by atoms with Crippen LogP contribution in [0.1, 0.15) is 36.4 Å². The lowest BCUT2D eigenvalue weighted by atomic mass is 9.86. The number of aliphatic hydroxyl groups excluding tert-OH is 2. The van der Waals surface area contributed by atoms with Crippen molar-refractivity contribution in [1.29, 1.82) is 0 Å². The number of aromatic nitrogens is 3. The molecule has 2 aliphatic rings. The maximum absolute atomic E-state index is 13.8. The maximum Gasteiger partial charge on any atom is 0.416 e. The number of benzene rings is 2. The van der Waals surface area contributed by atoms with Crippen LogP contribution in [0.2, 0.25) is 0 Å². The average molecular weight is 573 g/mol. The summed E-state index contributed by atoms with van der Waals surface area (Å²) in [5.41, 5.74) is -0.871. The molecule has 1 spiro atoms. The monoisotopic (exact) mass is 573 g/mol. The highest BCUT2D eigenvalue weighted by atomic mass is 19.4. The van der Waals surface area contributed by atoms with Gasteiger partial charge in [-0.25, -0.2) is 17.9 Å². The Balaban J connectivity index is 1.52. The zero-order chi connectivity index (χ0) is 28.7. The third-order valence-electron chi connectivity index (χ3n) is 7.05. The van der Waals surface area contributed by atoms with Crippen molar-refractivity contribution < 1.29 is 50.8 Å². The molecule has 5 atom stereocenters. The number of nitrogens with zero attached hydrogens (tertiary/aromatic N) is 3. The summed E-state index contributed by atoms with van der Waals surface area (Å²) in [6, 6.07) is 4.85. The molecule has 2 aliphatic heterocycles. The summed E-state index contributed by atoms with van der Waals surface area (Å²) in [6.07, 6.45) is -5.53. The number of hydrogen-bond acceptors (Lipinski definition) is 7. The van der Waals surface area contributed by atoms with Crippen molar-refractivity contribution in [2.24, 2.45) is 0 Å². The first-order valence-electron chi connectivity index (χ1n) is 12.5. The number of rotatable bonds is 6. The van der Waals surface area contributed by atoms with E-state index in [1.807, 2.05) is 0 Å². The van der Waals surface area contributed by atoms with E-state index in [9.17, 15) is 36.6 Å². The molecule has 5 rings (SSSR count). The zero-order valence-corrected chi connectivity index (χ0v) is 20.8. The minimum Gasteiger partial charge on any atom is -0.394 e. The van der Waals surface area contributed by atoms with Crippen LogP contribution in [0, 0.1) is 17.5 Å². The van der Waals surface area contributed by atoms with Crippen molar-refractivity contribution in [2.45, 2.75) is 62.2 Å². The second-order valence-electron chi connectivity index (χ2n) is 9.70. The van der Waals surface area contributed by atoms with E-state index < -0.39 is 65.9 Å². The van der Waals surface area contributed by atoms with Gasteiger partial charge < -0.3 is 24.4 Å². The Bertz CT molecular complexity index is 1320. The predicted octanol–water partition coefficient (Wildman–Crippen LogP) is 4.16. The summed E-state index contributed by atoms with van der Waals surface area (Å²) in [7, 11) is 0. The molecule has 40 heavy (non-hydrogen) atoms. The molecule has 3 heterocycles. The van der Waals surface area contributed by atoms with Gasteiger partial charge in [-0.05, 0) is 42.7 Å². The average Bonchev–Trinajstić information content (AvgIpc) is 3.42. The minimum absolute atomic E-state index is 0.0627. The molecular formula is C26H25F6N3O5. The van der Waals surface area contributed by atoms with Gasteiger partial charge in [-0.3, -0.25) is 0 Å². The Kier molecular flexibility index (Phi) is 7.90. The Morgan fingerprint density at radius 1 is 1.10 bits per heavy atom. The summed E-state index contributed by atoms with van der Waals surface area (Å²) in [4.78, 5) is 0. The first-order valence-corrected chi connectivity index (χ1v) is 12.5. The number of halogens is 6. The van der Waals surface area contributed by atoms with E-state index >= 15 is 0 Å². The zero-order valence-electron chi connectivity index (χ0n) is 20.8. The maximum atomic E-state index is 13.8. The number of aliphatic hydroxyl groups is 2. The molecule has 8 nitrogen and oxygen atoms in total. The fourth-order valence-electron chi connectivity index (χ4n) is 5.11. The van der Waals surface area contributed by atoms with Crippen LogP contribution in [-0.2, 0) is 27.0 Å². The fourth-order valence-corrected chi connectivity index (χ4v) is 5.11. The van der Waals surface area contributed by atoms with Crippen LogP contribution >= 0.6 is 0 Å². The molecule has 0 amide bonds. The Morgan fingerprint density at radius 2 is 1.85 bits per heavy atom. The van der Waals surface area contributed by atoms with Gasteiger partial charge in [-0.1, -0.05) is 17.3 Å². The SMILES string of the molecule is OC[C@H]1O[C@@]2(CCCCO2)[C@H](OCc2cccc(C(F)(F)F)c2)[C@@H](n2cc(-c3cc(F)c(F)c(F)c3)nn2)[C@H]1O. The summed E-state index contributed by atoms with van der Waals surface area (Å²) in [6.45, 7) is -0.688. The van der Waals surface area contributed by atoms with Crippen molar-refractivity contribution in [1.82, 2.24) is 15.0 Å². The van der Waals surface area contributed by atoms with E-state index in [2.05, 4.69) is 10.3 Å². The fraction of sp³-hybridized carbons (Fsp3) is 0.462. The quantitative estimate of drug-likeness (QED) is 0.338. The van der Waals surface area contributed by atoms with Crippen molar-refractivity contribution in [3.63, 3.8) is 0 Å². The lowest BCUT2D eigenvalue weighted by molar-refractivity contribution is -0.373. The van der Waals surface area contributed by atoms with E-state index in [1.54, 1.807) is 0 Å². The summed E-state index contributed by atoms with van der Waals surface area (Å²) >= 11 is 0. The van der Waals surface area contributed by atoms with Crippen LogP contribution in [0.5, 0.6) is 0 Å². The normalized spacial score (nSPS) is 27.3. The molecule has 1 aromatic heterocycles. The summed E-state index contributed by atoms with van der Waals surface area (Å²) in [5.74, 6) is -6.03. The molecule has 0 bridgehead atoms. The third-order valence-corrected chi connectivity index (χ3v) is 7.05. The second-order valence-corrected chi connectivity index (χ2v) is 9.70. The van der Waals surface area contributed by atoms with Gasteiger partial charge in [0.25, 0.3) is 0 Å².